The van der Waals surface area contributed by atoms with E-state index in [0.717, 1.165) is 12.8 Å². The van der Waals surface area contributed by atoms with Gasteiger partial charge in [0.05, 0.1) is 28.8 Å². The van der Waals surface area contributed by atoms with Crippen LogP contribution in [0, 0.1) is 10.1 Å². The number of carbonyl (C=O) groups is 3. The number of nitro benzene ring substituents is 1. The number of likely N-dealkylation sites (N-methyl/N-ethyl adjacent to an activating group) is 1. The number of hydrogen-bond acceptors (Lipinski definition) is 5. The maximum Gasteiger partial charge on any atom is 0.322 e. The van der Waals surface area contributed by atoms with E-state index in [1.165, 1.54) is 28.0 Å². The highest BCUT2D eigenvalue weighted by molar-refractivity contribution is 6.03. The normalized spacial score (nSPS) is 22.0. The molecule has 1 aromatic carbocycles. The number of non-ortho nitro benzene ring substituents is 1. The Bertz CT molecular complexity index is 984. The molecule has 164 valence electrons. The minimum absolute atomic E-state index is 0.0973. The predicted molar refractivity (Wildman–Crippen MR) is 111 cm³/mol. The smallest absolute Gasteiger partial charge is 0.322 e. The summed E-state index contributed by atoms with van der Waals surface area (Å²) in [6.07, 6.45) is 1.91. The van der Waals surface area contributed by atoms with Gasteiger partial charge in [-0.15, -0.1) is 0 Å². The number of benzene rings is 1. The van der Waals surface area contributed by atoms with E-state index in [1.807, 2.05) is 6.92 Å². The molecule has 1 fully saturated rings. The Morgan fingerprint density at radius 1 is 1.29 bits per heavy atom. The van der Waals surface area contributed by atoms with Crippen LogP contribution in [0.4, 0.5) is 10.5 Å². The first-order valence-electron chi connectivity index (χ1n) is 10.5. The lowest BCUT2D eigenvalue weighted by Gasteiger charge is -2.32. The van der Waals surface area contributed by atoms with Crippen molar-refractivity contribution in [2.45, 2.75) is 38.8 Å². The van der Waals surface area contributed by atoms with E-state index in [0.29, 0.717) is 36.5 Å². The van der Waals surface area contributed by atoms with Gasteiger partial charge in [0.2, 0.25) is 5.91 Å². The van der Waals surface area contributed by atoms with Gasteiger partial charge in [0.1, 0.15) is 6.04 Å². The molecule has 4 amide bonds. The molecular weight excluding hydrogens is 402 g/mol. The first kappa shape index (κ1) is 20.8. The van der Waals surface area contributed by atoms with Crippen LogP contribution in [0.1, 0.15) is 38.3 Å². The van der Waals surface area contributed by atoms with Gasteiger partial charge in [-0.05, 0) is 32.3 Å². The number of amides is 4. The van der Waals surface area contributed by atoms with Gasteiger partial charge < -0.3 is 15.1 Å². The number of rotatable bonds is 5. The average Bonchev–Trinajstić information content (AvgIpc) is 3.41. The zero-order valence-corrected chi connectivity index (χ0v) is 17.5. The molecule has 0 saturated carbocycles. The largest absolute Gasteiger partial charge is 0.341 e. The zero-order valence-electron chi connectivity index (χ0n) is 17.5. The van der Waals surface area contributed by atoms with Crippen molar-refractivity contribution in [1.82, 2.24) is 20.0 Å². The zero-order chi connectivity index (χ0) is 22.3. The highest BCUT2D eigenvalue weighted by atomic mass is 16.6. The minimum atomic E-state index is -0.809. The van der Waals surface area contributed by atoms with Crippen molar-refractivity contribution in [1.29, 1.82) is 0 Å². The van der Waals surface area contributed by atoms with Crippen LogP contribution in [-0.2, 0) is 9.59 Å². The number of carbonyl (C=O) groups excluding carboxylic acids is 3. The lowest BCUT2D eigenvalue weighted by Crippen LogP contribution is -2.47. The Labute approximate surface area is 179 Å². The molecule has 3 heterocycles. The number of urea groups is 1. The molecule has 1 saturated heterocycles. The van der Waals surface area contributed by atoms with E-state index < -0.39 is 17.0 Å². The van der Waals surface area contributed by atoms with Gasteiger partial charge in [-0.25, -0.2) is 4.79 Å². The molecule has 0 bridgehead atoms. The Kier molecular flexibility index (Phi) is 5.38. The molecule has 10 nitrogen and oxygen atoms in total. The van der Waals surface area contributed by atoms with Crippen LogP contribution in [-0.4, -0.2) is 69.7 Å². The van der Waals surface area contributed by atoms with Gasteiger partial charge in [-0.3, -0.25) is 24.6 Å². The topological polar surface area (TPSA) is 116 Å². The quantitative estimate of drug-likeness (QED) is 0.568. The maximum absolute atomic E-state index is 13.5. The van der Waals surface area contributed by atoms with Crippen LogP contribution in [0.5, 0.6) is 0 Å². The van der Waals surface area contributed by atoms with Crippen molar-refractivity contribution in [3.05, 3.63) is 51.2 Å². The second-order valence-corrected chi connectivity index (χ2v) is 7.98. The molecule has 2 atom stereocenters. The van der Waals surface area contributed by atoms with Crippen LogP contribution >= 0.6 is 0 Å². The van der Waals surface area contributed by atoms with E-state index in [9.17, 15) is 24.5 Å². The summed E-state index contributed by atoms with van der Waals surface area (Å²) in [6, 6.07) is 4.08. The second-order valence-electron chi connectivity index (χ2n) is 7.98. The van der Waals surface area contributed by atoms with Crippen molar-refractivity contribution < 1.29 is 19.3 Å². The fraction of sp³-hybridized carbons (Fsp3) is 0.476. The summed E-state index contributed by atoms with van der Waals surface area (Å²) in [4.78, 5) is 54.6. The molecule has 0 radical (unpaired) electrons. The van der Waals surface area contributed by atoms with E-state index in [2.05, 4.69) is 5.32 Å². The Morgan fingerprint density at radius 2 is 2.00 bits per heavy atom. The van der Waals surface area contributed by atoms with Crippen molar-refractivity contribution >= 4 is 23.5 Å². The second kappa shape index (κ2) is 8.01. The lowest BCUT2D eigenvalue weighted by atomic mass is 9.95. The summed E-state index contributed by atoms with van der Waals surface area (Å²) < 4.78 is 0. The first-order valence-corrected chi connectivity index (χ1v) is 10.5. The third kappa shape index (κ3) is 3.51. The molecule has 1 N–H and O–H groups in total. The van der Waals surface area contributed by atoms with Gasteiger partial charge in [-0.1, -0.05) is 12.1 Å². The number of nitrogens with one attached hydrogen (secondary N) is 1. The molecule has 3 aliphatic rings. The van der Waals surface area contributed by atoms with Crippen LogP contribution in [0.3, 0.4) is 0 Å². The number of hydrogen-bond donors (Lipinski definition) is 1. The van der Waals surface area contributed by atoms with Crippen molar-refractivity contribution in [2.75, 3.05) is 26.2 Å². The van der Waals surface area contributed by atoms with Gasteiger partial charge >= 0.3 is 6.03 Å². The molecule has 4 rings (SSSR count). The summed E-state index contributed by atoms with van der Waals surface area (Å²) in [5, 5.41) is 14.0. The molecule has 10 heteroatoms. The van der Waals surface area contributed by atoms with Crippen LogP contribution in [0.2, 0.25) is 0 Å². The van der Waals surface area contributed by atoms with Crippen LogP contribution in [0.25, 0.3) is 0 Å². The van der Waals surface area contributed by atoms with Gasteiger partial charge in [0, 0.05) is 31.8 Å². The summed E-state index contributed by atoms with van der Waals surface area (Å²) in [6.45, 7) is 5.42. The maximum atomic E-state index is 13.5. The minimum Gasteiger partial charge on any atom is -0.341 e. The number of nitro groups is 1. The third-order valence-corrected chi connectivity index (χ3v) is 6.22. The van der Waals surface area contributed by atoms with E-state index >= 15 is 0 Å². The van der Waals surface area contributed by atoms with Gasteiger partial charge in [0.25, 0.3) is 11.6 Å². The van der Waals surface area contributed by atoms with E-state index in [4.69, 9.17) is 0 Å². The molecule has 31 heavy (non-hydrogen) atoms. The molecule has 0 unspecified atom stereocenters. The molecular formula is C21H25N5O5. The number of nitrogens with zero attached hydrogens (tertiary/aromatic N) is 4. The number of likely N-dealkylation sites (tertiary alicyclic amines) is 1. The summed E-state index contributed by atoms with van der Waals surface area (Å²) in [5.41, 5.74) is 1.25. The van der Waals surface area contributed by atoms with Crippen molar-refractivity contribution in [3.63, 3.8) is 0 Å². The van der Waals surface area contributed by atoms with Crippen molar-refractivity contribution in [2.24, 2.45) is 0 Å². The highest BCUT2D eigenvalue weighted by Gasteiger charge is 2.46. The summed E-state index contributed by atoms with van der Waals surface area (Å²) in [5.74, 6) is -0.426. The molecule has 0 aromatic heterocycles. The highest BCUT2D eigenvalue weighted by Crippen LogP contribution is 2.37. The third-order valence-electron chi connectivity index (χ3n) is 6.22. The standard InChI is InChI=1S/C21H25N5O5/c1-3-24-16-12-25(13(2)19(27)23-9-4-5-10-23)20(28)17(16)18(22-21(24)29)14-7-6-8-15(11-14)26(30)31/h6-8,11,13,18H,3-5,9-10,12H2,1-2H3,(H,22,29)/t13-,18+/m0/s1. The Balaban J connectivity index is 1.69. The fourth-order valence-corrected chi connectivity index (χ4v) is 4.56. The lowest BCUT2D eigenvalue weighted by molar-refractivity contribution is -0.384. The molecule has 1 aromatic rings. The Morgan fingerprint density at radius 3 is 2.65 bits per heavy atom. The predicted octanol–water partition coefficient (Wildman–Crippen LogP) is 1.79. The van der Waals surface area contributed by atoms with Crippen LogP contribution in [0.15, 0.2) is 35.5 Å². The summed E-state index contributed by atoms with van der Waals surface area (Å²) >= 11 is 0. The van der Waals surface area contributed by atoms with Gasteiger partial charge in [0.15, 0.2) is 0 Å². The van der Waals surface area contributed by atoms with E-state index in [-0.39, 0.29) is 30.1 Å². The van der Waals surface area contributed by atoms with Crippen LogP contribution < -0.4 is 5.32 Å². The molecule has 0 spiro atoms. The van der Waals surface area contributed by atoms with E-state index in [1.54, 1.807) is 17.9 Å². The SMILES string of the molecule is CCN1C(=O)N[C@H](c2cccc([N+](=O)[O-])c2)C2=C1CN([C@@H](C)C(=O)N1CCCC1)C2=O. The molecule has 3 aliphatic heterocycles. The van der Waals surface area contributed by atoms with Crippen molar-refractivity contribution in [3.8, 4) is 0 Å². The van der Waals surface area contributed by atoms with Gasteiger partial charge in [-0.2, -0.15) is 0 Å². The Hall–Kier alpha value is -3.43. The average molecular weight is 427 g/mol. The monoisotopic (exact) mass is 427 g/mol. The first-order chi connectivity index (χ1) is 14.8. The fourth-order valence-electron chi connectivity index (χ4n) is 4.56. The molecule has 0 aliphatic carbocycles. The summed E-state index contributed by atoms with van der Waals surface area (Å²) in [7, 11) is 0.